The number of nitrogens with zero attached hydrogens (tertiary/aromatic N) is 2. The highest BCUT2D eigenvalue weighted by Crippen LogP contribution is 2.46. The third-order valence-electron chi connectivity index (χ3n) is 4.84. The number of pyridine rings is 1. The largest absolute Gasteiger partial charge is 0.335 e. The van der Waals surface area contributed by atoms with E-state index in [0.29, 0.717) is 0 Å². The summed E-state index contributed by atoms with van der Waals surface area (Å²) in [6.07, 6.45) is 2.31. The zero-order chi connectivity index (χ0) is 17.6. The summed E-state index contributed by atoms with van der Waals surface area (Å²) in [7, 11) is 2.15. The molecule has 0 radical (unpaired) electrons. The lowest BCUT2D eigenvalue weighted by molar-refractivity contribution is -0.646. The Morgan fingerprint density at radius 2 is 1.76 bits per heavy atom. The molecule has 0 unspecified atom stereocenters. The van der Waals surface area contributed by atoms with Gasteiger partial charge < -0.3 is 4.90 Å². The Hall–Kier alpha value is -2.26. The van der Waals surface area contributed by atoms with E-state index in [2.05, 4.69) is 91.9 Å². The summed E-state index contributed by atoms with van der Waals surface area (Å²) in [4.78, 5) is 3.76. The average Bonchev–Trinajstić information content (AvgIpc) is 2.93. The Kier molecular flexibility index (Phi) is 4.04. The van der Waals surface area contributed by atoms with Gasteiger partial charge in [0.1, 0.15) is 7.05 Å². The van der Waals surface area contributed by atoms with Crippen LogP contribution in [0.3, 0.4) is 0 Å². The van der Waals surface area contributed by atoms with E-state index in [1.54, 1.807) is 0 Å². The topological polar surface area (TPSA) is 7.12 Å². The van der Waals surface area contributed by atoms with Gasteiger partial charge in [-0.15, -0.1) is 0 Å². The molecular formula is C22H23N2S+. The Balaban J connectivity index is 1.80. The highest BCUT2D eigenvalue weighted by molar-refractivity contribution is 8.03. The van der Waals surface area contributed by atoms with Crippen molar-refractivity contribution in [3.05, 3.63) is 70.4 Å². The molecule has 3 aromatic rings. The zero-order valence-corrected chi connectivity index (χ0v) is 16.0. The van der Waals surface area contributed by atoms with Crippen molar-refractivity contribution in [2.75, 3.05) is 11.4 Å². The van der Waals surface area contributed by atoms with E-state index in [1.165, 1.54) is 43.3 Å². The van der Waals surface area contributed by atoms with Crippen molar-refractivity contribution in [2.45, 2.75) is 25.7 Å². The van der Waals surface area contributed by atoms with E-state index in [1.807, 2.05) is 11.8 Å². The van der Waals surface area contributed by atoms with Crippen molar-refractivity contribution in [1.29, 1.82) is 0 Å². The molecule has 4 rings (SSSR count). The van der Waals surface area contributed by atoms with Crippen LogP contribution in [0.5, 0.6) is 0 Å². The predicted molar refractivity (Wildman–Crippen MR) is 108 cm³/mol. The van der Waals surface area contributed by atoms with Crippen LogP contribution in [0.1, 0.15) is 23.7 Å². The summed E-state index contributed by atoms with van der Waals surface area (Å²) in [5, 5.41) is 2.58. The van der Waals surface area contributed by atoms with E-state index >= 15 is 0 Å². The van der Waals surface area contributed by atoms with Crippen molar-refractivity contribution in [3.63, 3.8) is 0 Å². The lowest BCUT2D eigenvalue weighted by Gasteiger charge is -2.17. The van der Waals surface area contributed by atoms with E-state index in [0.717, 1.165) is 6.54 Å². The van der Waals surface area contributed by atoms with Gasteiger partial charge in [0.05, 0.1) is 10.7 Å². The third-order valence-corrected chi connectivity index (χ3v) is 5.93. The molecule has 25 heavy (non-hydrogen) atoms. The summed E-state index contributed by atoms with van der Waals surface area (Å²) >= 11 is 1.87. The first kappa shape index (κ1) is 16.2. The molecule has 2 aromatic carbocycles. The van der Waals surface area contributed by atoms with Gasteiger partial charge in [-0.05, 0) is 50.6 Å². The van der Waals surface area contributed by atoms with Crippen molar-refractivity contribution < 1.29 is 4.57 Å². The molecule has 126 valence electrons. The summed E-state index contributed by atoms with van der Waals surface area (Å²) in [5.41, 5.74) is 6.42. The van der Waals surface area contributed by atoms with Gasteiger partial charge in [-0.2, -0.15) is 4.57 Å². The van der Waals surface area contributed by atoms with Crippen LogP contribution in [0.4, 0.5) is 5.69 Å². The molecule has 0 amide bonds. The Labute approximate surface area is 153 Å². The highest BCUT2D eigenvalue weighted by Gasteiger charge is 2.25. The van der Waals surface area contributed by atoms with Crippen LogP contribution in [0.25, 0.3) is 17.0 Å². The molecule has 0 fully saturated rings. The summed E-state index contributed by atoms with van der Waals surface area (Å²) in [5.74, 6) is 0. The normalized spacial score (nSPS) is 15.2. The molecule has 1 aromatic heterocycles. The smallest absolute Gasteiger partial charge is 0.212 e. The number of fused-ring (bicyclic) bond motifs is 2. The van der Waals surface area contributed by atoms with E-state index in [4.69, 9.17) is 0 Å². The monoisotopic (exact) mass is 347 g/mol. The molecule has 0 bridgehead atoms. The molecule has 0 saturated carbocycles. The first-order valence-corrected chi connectivity index (χ1v) is 9.55. The van der Waals surface area contributed by atoms with Crippen LogP contribution in [0, 0.1) is 13.8 Å². The molecular weight excluding hydrogens is 324 g/mol. The molecule has 2 heterocycles. The third kappa shape index (κ3) is 2.83. The second-order valence-corrected chi connectivity index (χ2v) is 7.74. The minimum atomic E-state index is 0.978. The maximum Gasteiger partial charge on any atom is 0.212 e. The van der Waals surface area contributed by atoms with Crippen LogP contribution in [-0.4, -0.2) is 6.54 Å². The number of thioether (sulfide) groups is 1. The fourth-order valence-corrected chi connectivity index (χ4v) is 4.73. The lowest BCUT2D eigenvalue weighted by Crippen LogP contribution is -2.33. The van der Waals surface area contributed by atoms with Gasteiger partial charge in [-0.25, -0.2) is 0 Å². The van der Waals surface area contributed by atoms with Crippen LogP contribution < -0.4 is 9.47 Å². The van der Waals surface area contributed by atoms with Gasteiger partial charge in [-0.1, -0.05) is 29.5 Å². The predicted octanol–water partition coefficient (Wildman–Crippen LogP) is 5.21. The van der Waals surface area contributed by atoms with Crippen LogP contribution in [0.15, 0.2) is 58.5 Å². The molecule has 0 atom stereocenters. The van der Waals surface area contributed by atoms with Crippen LogP contribution in [0.2, 0.25) is 0 Å². The summed E-state index contributed by atoms with van der Waals surface area (Å²) in [6.45, 7) is 7.49. The van der Waals surface area contributed by atoms with Gasteiger partial charge in [0.15, 0.2) is 0 Å². The van der Waals surface area contributed by atoms with E-state index in [9.17, 15) is 0 Å². The molecule has 3 heteroatoms. The van der Waals surface area contributed by atoms with Crippen molar-refractivity contribution >= 4 is 34.4 Å². The number of hydrogen-bond acceptors (Lipinski definition) is 2. The average molecular weight is 348 g/mol. The minimum Gasteiger partial charge on any atom is -0.335 e. The number of aryl methyl sites for hydroxylation is 3. The Bertz CT molecular complexity index is 1000. The molecule has 1 aliphatic heterocycles. The maximum absolute atomic E-state index is 2.40. The zero-order valence-electron chi connectivity index (χ0n) is 15.2. The highest BCUT2D eigenvalue weighted by atomic mass is 32.2. The van der Waals surface area contributed by atoms with Gasteiger partial charge in [0.25, 0.3) is 0 Å². The fraction of sp³-hybridized carbons (Fsp3) is 0.227. The van der Waals surface area contributed by atoms with Gasteiger partial charge in [0, 0.05) is 35.0 Å². The number of anilines is 1. The number of aromatic nitrogens is 1. The van der Waals surface area contributed by atoms with E-state index in [-0.39, 0.29) is 0 Å². The SMILES string of the molecule is CCN1/C(=C/c2ccc3cc(C)ccc3[n+]2C)Sc2cc(C)ccc21. The van der Waals surface area contributed by atoms with Crippen molar-refractivity contribution in [2.24, 2.45) is 7.05 Å². The van der Waals surface area contributed by atoms with Crippen LogP contribution >= 0.6 is 11.8 Å². The number of benzene rings is 2. The quantitative estimate of drug-likeness (QED) is 0.587. The van der Waals surface area contributed by atoms with E-state index < -0.39 is 0 Å². The lowest BCUT2D eigenvalue weighted by atomic mass is 10.1. The number of rotatable bonds is 2. The Morgan fingerprint density at radius 3 is 2.56 bits per heavy atom. The molecule has 0 spiro atoms. The second kappa shape index (κ2) is 6.23. The van der Waals surface area contributed by atoms with Gasteiger partial charge in [-0.3, -0.25) is 0 Å². The summed E-state index contributed by atoms with van der Waals surface area (Å²) < 4.78 is 2.28. The Morgan fingerprint density at radius 1 is 1.00 bits per heavy atom. The standard InChI is InChI=1S/C22H23N2S/c1-5-24-20-11-7-16(3)13-21(20)25-22(24)14-18-9-8-17-12-15(2)6-10-19(17)23(18)4/h6-14H,5H2,1-4H3/q+1. The van der Waals surface area contributed by atoms with Crippen molar-refractivity contribution in [3.8, 4) is 0 Å². The second-order valence-electron chi connectivity index (χ2n) is 6.68. The number of hydrogen-bond donors (Lipinski definition) is 0. The summed E-state index contributed by atoms with van der Waals surface area (Å²) in [6, 6.07) is 17.8. The molecule has 0 N–H and O–H groups in total. The maximum atomic E-state index is 2.40. The molecule has 0 saturated heterocycles. The van der Waals surface area contributed by atoms with Gasteiger partial charge >= 0.3 is 0 Å². The fourth-order valence-electron chi connectivity index (χ4n) is 3.46. The molecule has 2 nitrogen and oxygen atoms in total. The molecule has 1 aliphatic rings. The first-order chi connectivity index (χ1) is 12.1. The first-order valence-electron chi connectivity index (χ1n) is 8.74. The van der Waals surface area contributed by atoms with Gasteiger partial charge in [0.2, 0.25) is 11.2 Å². The van der Waals surface area contributed by atoms with Crippen molar-refractivity contribution in [1.82, 2.24) is 0 Å². The van der Waals surface area contributed by atoms with Crippen LogP contribution in [-0.2, 0) is 7.05 Å². The minimum absolute atomic E-state index is 0.978. The molecule has 0 aliphatic carbocycles.